The molecule has 104 valence electrons. The third-order valence-corrected chi connectivity index (χ3v) is 3.32. The standard InChI is InChI=1S/C13H15F3N2O/c1-8-11(5-6-17-8)12(19)18-10-4-2-3-9(7-10)13(14,15)16/h2-4,7-8,11,17H,5-6H2,1H3,(H,18,19). The van der Waals surface area contributed by atoms with Crippen LogP contribution in [0.15, 0.2) is 24.3 Å². The number of amides is 1. The molecule has 1 heterocycles. The first kappa shape index (κ1) is 13.9. The van der Waals surface area contributed by atoms with Crippen LogP contribution in [0, 0.1) is 5.92 Å². The zero-order valence-electron chi connectivity index (χ0n) is 10.4. The van der Waals surface area contributed by atoms with Crippen LogP contribution in [-0.2, 0) is 11.0 Å². The molecule has 1 aromatic rings. The van der Waals surface area contributed by atoms with Gasteiger partial charge in [-0.2, -0.15) is 13.2 Å². The highest BCUT2D eigenvalue weighted by atomic mass is 19.4. The van der Waals surface area contributed by atoms with Gasteiger partial charge in [0, 0.05) is 11.7 Å². The van der Waals surface area contributed by atoms with E-state index in [0.717, 1.165) is 18.7 Å². The van der Waals surface area contributed by atoms with Crippen molar-refractivity contribution in [1.29, 1.82) is 0 Å². The predicted octanol–water partition coefficient (Wildman–Crippen LogP) is 2.64. The summed E-state index contributed by atoms with van der Waals surface area (Å²) in [6.45, 7) is 2.64. The maximum absolute atomic E-state index is 12.5. The summed E-state index contributed by atoms with van der Waals surface area (Å²) in [6, 6.07) is 4.72. The summed E-state index contributed by atoms with van der Waals surface area (Å²) in [4.78, 5) is 12.0. The second kappa shape index (κ2) is 5.21. The maximum Gasteiger partial charge on any atom is 0.416 e. The van der Waals surface area contributed by atoms with Crippen LogP contribution in [0.1, 0.15) is 18.9 Å². The van der Waals surface area contributed by atoms with Crippen LogP contribution in [0.4, 0.5) is 18.9 Å². The summed E-state index contributed by atoms with van der Waals surface area (Å²) in [5.74, 6) is -0.439. The number of rotatable bonds is 2. The molecule has 0 saturated carbocycles. The van der Waals surface area contributed by atoms with E-state index in [-0.39, 0.29) is 23.6 Å². The van der Waals surface area contributed by atoms with Gasteiger partial charge in [0.1, 0.15) is 0 Å². The molecule has 2 N–H and O–H groups in total. The zero-order valence-corrected chi connectivity index (χ0v) is 10.4. The molecule has 0 aliphatic carbocycles. The molecule has 19 heavy (non-hydrogen) atoms. The number of carbonyl (C=O) groups is 1. The van der Waals surface area contributed by atoms with Crippen molar-refractivity contribution in [2.75, 3.05) is 11.9 Å². The normalized spacial score (nSPS) is 23.4. The third kappa shape index (κ3) is 3.26. The Morgan fingerprint density at radius 1 is 1.42 bits per heavy atom. The lowest BCUT2D eigenvalue weighted by Crippen LogP contribution is -2.32. The number of anilines is 1. The summed E-state index contributed by atoms with van der Waals surface area (Å²) < 4.78 is 37.6. The smallest absolute Gasteiger partial charge is 0.326 e. The number of hydrogen-bond acceptors (Lipinski definition) is 2. The molecule has 1 amide bonds. The molecule has 1 aromatic carbocycles. The van der Waals surface area contributed by atoms with Crippen molar-refractivity contribution in [1.82, 2.24) is 5.32 Å². The molecule has 1 saturated heterocycles. The molecule has 1 aliphatic rings. The lowest BCUT2D eigenvalue weighted by molar-refractivity contribution is -0.137. The van der Waals surface area contributed by atoms with Crippen molar-refractivity contribution in [3.63, 3.8) is 0 Å². The largest absolute Gasteiger partial charge is 0.416 e. The molecule has 0 radical (unpaired) electrons. The van der Waals surface area contributed by atoms with E-state index in [2.05, 4.69) is 10.6 Å². The molecule has 2 atom stereocenters. The Morgan fingerprint density at radius 2 is 2.16 bits per heavy atom. The van der Waals surface area contributed by atoms with Gasteiger partial charge in [-0.3, -0.25) is 4.79 Å². The SMILES string of the molecule is CC1NCCC1C(=O)Nc1cccc(C(F)(F)F)c1. The molecule has 1 aliphatic heterocycles. The number of carbonyl (C=O) groups excluding carboxylic acids is 1. The van der Waals surface area contributed by atoms with Crippen LogP contribution in [0.3, 0.4) is 0 Å². The van der Waals surface area contributed by atoms with Gasteiger partial charge in [0.15, 0.2) is 0 Å². The van der Waals surface area contributed by atoms with Crippen LogP contribution in [0.25, 0.3) is 0 Å². The Kier molecular flexibility index (Phi) is 3.80. The average Bonchev–Trinajstić information content (AvgIpc) is 2.75. The number of halogens is 3. The number of alkyl halides is 3. The van der Waals surface area contributed by atoms with Crippen LogP contribution in [-0.4, -0.2) is 18.5 Å². The Hall–Kier alpha value is -1.56. The van der Waals surface area contributed by atoms with Crippen molar-refractivity contribution in [2.24, 2.45) is 5.92 Å². The van der Waals surface area contributed by atoms with E-state index < -0.39 is 11.7 Å². The minimum Gasteiger partial charge on any atom is -0.326 e. The fourth-order valence-electron chi connectivity index (χ4n) is 2.23. The van der Waals surface area contributed by atoms with E-state index >= 15 is 0 Å². The van der Waals surface area contributed by atoms with Gasteiger partial charge in [0.05, 0.1) is 11.5 Å². The van der Waals surface area contributed by atoms with Crippen molar-refractivity contribution < 1.29 is 18.0 Å². The van der Waals surface area contributed by atoms with Gasteiger partial charge in [-0.15, -0.1) is 0 Å². The second-order valence-electron chi connectivity index (χ2n) is 4.71. The van der Waals surface area contributed by atoms with Gasteiger partial charge < -0.3 is 10.6 Å². The van der Waals surface area contributed by atoms with E-state index in [4.69, 9.17) is 0 Å². The van der Waals surface area contributed by atoms with Gasteiger partial charge in [0.25, 0.3) is 0 Å². The first-order valence-electron chi connectivity index (χ1n) is 6.09. The van der Waals surface area contributed by atoms with Gasteiger partial charge in [-0.25, -0.2) is 0 Å². The quantitative estimate of drug-likeness (QED) is 0.869. The molecular weight excluding hydrogens is 257 g/mol. The van der Waals surface area contributed by atoms with Crippen LogP contribution in [0.5, 0.6) is 0 Å². The molecule has 1 fully saturated rings. The second-order valence-corrected chi connectivity index (χ2v) is 4.71. The van der Waals surface area contributed by atoms with Gasteiger partial charge >= 0.3 is 6.18 Å². The summed E-state index contributed by atoms with van der Waals surface area (Å²) >= 11 is 0. The highest BCUT2D eigenvalue weighted by Gasteiger charge is 2.32. The summed E-state index contributed by atoms with van der Waals surface area (Å²) in [6.07, 6.45) is -3.70. The fraction of sp³-hybridized carbons (Fsp3) is 0.462. The molecule has 0 aromatic heterocycles. The Bertz CT molecular complexity index is 473. The van der Waals surface area contributed by atoms with E-state index in [1.54, 1.807) is 0 Å². The Labute approximate surface area is 109 Å². The highest BCUT2D eigenvalue weighted by molar-refractivity contribution is 5.93. The molecule has 6 heteroatoms. The lowest BCUT2D eigenvalue weighted by atomic mass is 10.0. The van der Waals surface area contributed by atoms with E-state index in [1.807, 2.05) is 6.92 Å². The topological polar surface area (TPSA) is 41.1 Å². The Balaban J connectivity index is 2.09. The van der Waals surface area contributed by atoms with Crippen LogP contribution >= 0.6 is 0 Å². The van der Waals surface area contributed by atoms with Crippen LogP contribution < -0.4 is 10.6 Å². The lowest BCUT2D eigenvalue weighted by Gasteiger charge is -2.15. The zero-order chi connectivity index (χ0) is 14.0. The van der Waals surface area contributed by atoms with Crippen molar-refractivity contribution >= 4 is 11.6 Å². The molecular formula is C13H15F3N2O. The molecule has 2 rings (SSSR count). The molecule has 0 spiro atoms. The van der Waals surface area contributed by atoms with E-state index in [9.17, 15) is 18.0 Å². The molecule has 2 unspecified atom stereocenters. The van der Waals surface area contributed by atoms with Gasteiger partial charge in [-0.05, 0) is 38.1 Å². The van der Waals surface area contributed by atoms with Crippen molar-refractivity contribution in [2.45, 2.75) is 25.6 Å². The fourth-order valence-corrected chi connectivity index (χ4v) is 2.23. The van der Waals surface area contributed by atoms with E-state index in [1.165, 1.54) is 12.1 Å². The van der Waals surface area contributed by atoms with Crippen molar-refractivity contribution in [3.05, 3.63) is 29.8 Å². The van der Waals surface area contributed by atoms with E-state index in [0.29, 0.717) is 6.42 Å². The summed E-state index contributed by atoms with van der Waals surface area (Å²) in [5.41, 5.74) is -0.582. The summed E-state index contributed by atoms with van der Waals surface area (Å²) in [7, 11) is 0. The number of hydrogen-bond donors (Lipinski definition) is 2. The maximum atomic E-state index is 12.5. The molecule has 3 nitrogen and oxygen atoms in total. The number of nitrogens with one attached hydrogen (secondary N) is 2. The average molecular weight is 272 g/mol. The minimum atomic E-state index is -4.40. The summed E-state index contributed by atoms with van der Waals surface area (Å²) in [5, 5.41) is 5.68. The third-order valence-electron chi connectivity index (χ3n) is 3.32. The predicted molar refractivity (Wildman–Crippen MR) is 65.6 cm³/mol. The highest BCUT2D eigenvalue weighted by Crippen LogP contribution is 2.30. The molecule has 0 bridgehead atoms. The van der Waals surface area contributed by atoms with Crippen molar-refractivity contribution in [3.8, 4) is 0 Å². The van der Waals surface area contributed by atoms with Gasteiger partial charge in [0.2, 0.25) is 5.91 Å². The minimum absolute atomic E-state index is 0.0470. The first-order chi connectivity index (χ1) is 8.88. The Morgan fingerprint density at radius 3 is 2.74 bits per heavy atom. The van der Waals surface area contributed by atoms with Gasteiger partial charge in [-0.1, -0.05) is 6.07 Å². The monoisotopic (exact) mass is 272 g/mol. The van der Waals surface area contributed by atoms with Crippen LogP contribution in [0.2, 0.25) is 0 Å². The number of benzene rings is 1. The first-order valence-corrected chi connectivity index (χ1v) is 6.09.